The minimum atomic E-state index is 0.0657. The summed E-state index contributed by atoms with van der Waals surface area (Å²) in [6, 6.07) is 6.40. The van der Waals surface area contributed by atoms with Crippen LogP contribution in [-0.4, -0.2) is 21.6 Å². The summed E-state index contributed by atoms with van der Waals surface area (Å²) in [6.07, 6.45) is 3.84. The van der Waals surface area contributed by atoms with Crippen molar-refractivity contribution < 1.29 is 4.79 Å². The molecule has 1 aromatic carbocycles. The molecule has 0 spiro atoms. The van der Waals surface area contributed by atoms with E-state index in [2.05, 4.69) is 47.3 Å². The molecule has 0 aliphatic heterocycles. The molecule has 1 amide bonds. The van der Waals surface area contributed by atoms with E-state index in [1.54, 1.807) is 24.3 Å². The standard InChI is InChI=1S/C15H19N3OS/c1-11-3-4-14(7-12(11)2)20-6-5-15(19)17-9-13-8-16-10-18-13/h3-4,7-8,10H,5-6,9H2,1-2H3,(H,16,18)(H,17,19). The predicted molar refractivity (Wildman–Crippen MR) is 81.7 cm³/mol. The van der Waals surface area contributed by atoms with Crippen LogP contribution in [0.5, 0.6) is 0 Å². The topological polar surface area (TPSA) is 57.8 Å². The summed E-state index contributed by atoms with van der Waals surface area (Å²) in [5.74, 6) is 0.855. The number of H-pyrrole nitrogens is 1. The molecule has 20 heavy (non-hydrogen) atoms. The van der Waals surface area contributed by atoms with Gasteiger partial charge in [0.15, 0.2) is 0 Å². The number of carbonyl (C=O) groups is 1. The Balaban J connectivity index is 1.69. The maximum Gasteiger partial charge on any atom is 0.221 e. The molecule has 5 heteroatoms. The molecule has 1 aromatic heterocycles. The zero-order valence-corrected chi connectivity index (χ0v) is 12.6. The van der Waals surface area contributed by atoms with Crippen molar-refractivity contribution in [1.82, 2.24) is 15.3 Å². The van der Waals surface area contributed by atoms with Gasteiger partial charge in [-0.2, -0.15) is 0 Å². The Morgan fingerprint density at radius 3 is 2.90 bits per heavy atom. The van der Waals surface area contributed by atoms with Gasteiger partial charge in [0.25, 0.3) is 0 Å². The quantitative estimate of drug-likeness (QED) is 0.804. The molecule has 4 nitrogen and oxygen atoms in total. The number of benzene rings is 1. The second-order valence-corrected chi connectivity index (χ2v) is 5.87. The number of rotatable bonds is 6. The molecule has 0 radical (unpaired) electrons. The summed E-state index contributed by atoms with van der Waals surface area (Å²) in [5, 5.41) is 2.87. The predicted octanol–water partition coefficient (Wildman–Crippen LogP) is 2.83. The Kier molecular flexibility index (Phi) is 5.24. The molecule has 0 aliphatic rings. The largest absolute Gasteiger partial charge is 0.350 e. The summed E-state index contributed by atoms with van der Waals surface area (Å²) < 4.78 is 0. The van der Waals surface area contributed by atoms with E-state index in [1.807, 2.05) is 0 Å². The Bertz CT molecular complexity index is 567. The SMILES string of the molecule is Cc1ccc(SCCC(=O)NCc2cnc[nH]2)cc1C. The molecule has 1 heterocycles. The van der Waals surface area contributed by atoms with Crippen LogP contribution in [0.15, 0.2) is 35.6 Å². The molecule has 0 bridgehead atoms. The summed E-state index contributed by atoms with van der Waals surface area (Å²) >= 11 is 1.71. The molecule has 2 rings (SSSR count). The number of amides is 1. The first-order chi connectivity index (χ1) is 9.65. The molecule has 2 N–H and O–H groups in total. The Morgan fingerprint density at radius 2 is 2.20 bits per heavy atom. The van der Waals surface area contributed by atoms with Crippen LogP contribution in [0.1, 0.15) is 23.2 Å². The molecule has 0 atom stereocenters. The molecule has 2 aromatic rings. The van der Waals surface area contributed by atoms with E-state index in [0.29, 0.717) is 13.0 Å². The van der Waals surface area contributed by atoms with E-state index in [4.69, 9.17) is 0 Å². The molecule has 0 unspecified atom stereocenters. The summed E-state index contributed by atoms with van der Waals surface area (Å²) in [7, 11) is 0. The van der Waals surface area contributed by atoms with Crippen LogP contribution in [0.25, 0.3) is 0 Å². The van der Waals surface area contributed by atoms with Gasteiger partial charge in [0.05, 0.1) is 18.6 Å². The highest BCUT2D eigenvalue weighted by atomic mass is 32.2. The van der Waals surface area contributed by atoms with Crippen LogP contribution in [0, 0.1) is 13.8 Å². The van der Waals surface area contributed by atoms with Crippen LogP contribution in [-0.2, 0) is 11.3 Å². The van der Waals surface area contributed by atoms with E-state index in [0.717, 1.165) is 11.4 Å². The molecule has 0 saturated carbocycles. The molecular formula is C15H19N3OS. The molecular weight excluding hydrogens is 270 g/mol. The lowest BCUT2D eigenvalue weighted by atomic mass is 10.1. The van der Waals surface area contributed by atoms with Gasteiger partial charge in [-0.1, -0.05) is 6.07 Å². The van der Waals surface area contributed by atoms with Gasteiger partial charge in [0.1, 0.15) is 0 Å². The number of nitrogens with zero attached hydrogens (tertiary/aromatic N) is 1. The number of nitrogens with one attached hydrogen (secondary N) is 2. The maximum absolute atomic E-state index is 11.7. The van der Waals surface area contributed by atoms with Gasteiger partial charge in [0, 0.05) is 23.3 Å². The number of imidazole rings is 1. The van der Waals surface area contributed by atoms with Gasteiger partial charge in [-0.25, -0.2) is 4.98 Å². The van der Waals surface area contributed by atoms with E-state index in [9.17, 15) is 4.79 Å². The minimum Gasteiger partial charge on any atom is -0.350 e. The van der Waals surface area contributed by atoms with Crippen molar-refractivity contribution in [3.63, 3.8) is 0 Å². The van der Waals surface area contributed by atoms with E-state index < -0.39 is 0 Å². The summed E-state index contributed by atoms with van der Waals surface area (Å²) in [5.41, 5.74) is 3.51. The smallest absolute Gasteiger partial charge is 0.221 e. The maximum atomic E-state index is 11.7. The Morgan fingerprint density at radius 1 is 1.35 bits per heavy atom. The fourth-order valence-corrected chi connectivity index (χ4v) is 2.68. The van der Waals surface area contributed by atoms with Crippen molar-refractivity contribution in [2.45, 2.75) is 31.7 Å². The highest BCUT2D eigenvalue weighted by Crippen LogP contribution is 2.21. The third-order valence-corrected chi connectivity index (χ3v) is 4.10. The number of aryl methyl sites for hydroxylation is 2. The van der Waals surface area contributed by atoms with Crippen LogP contribution >= 0.6 is 11.8 Å². The Hall–Kier alpha value is -1.75. The van der Waals surface area contributed by atoms with Gasteiger partial charge in [0.2, 0.25) is 5.91 Å². The van der Waals surface area contributed by atoms with Crippen LogP contribution < -0.4 is 5.32 Å². The fraction of sp³-hybridized carbons (Fsp3) is 0.333. The fourth-order valence-electron chi connectivity index (χ4n) is 1.73. The number of hydrogen-bond donors (Lipinski definition) is 2. The normalized spacial score (nSPS) is 10.5. The third kappa shape index (κ3) is 4.42. The average Bonchev–Trinajstić information content (AvgIpc) is 2.94. The molecule has 106 valence electrons. The van der Waals surface area contributed by atoms with Gasteiger partial charge in [-0.05, 0) is 37.1 Å². The van der Waals surface area contributed by atoms with Gasteiger partial charge in [-0.15, -0.1) is 11.8 Å². The van der Waals surface area contributed by atoms with Crippen LogP contribution in [0.3, 0.4) is 0 Å². The second-order valence-electron chi connectivity index (χ2n) is 4.70. The molecule has 0 aliphatic carbocycles. The van der Waals surface area contributed by atoms with E-state index in [1.165, 1.54) is 16.0 Å². The summed E-state index contributed by atoms with van der Waals surface area (Å²) in [6.45, 7) is 4.72. The van der Waals surface area contributed by atoms with Gasteiger partial charge in [-0.3, -0.25) is 4.79 Å². The zero-order chi connectivity index (χ0) is 14.4. The number of aromatic amines is 1. The highest BCUT2D eigenvalue weighted by molar-refractivity contribution is 7.99. The van der Waals surface area contributed by atoms with Crippen LogP contribution in [0.4, 0.5) is 0 Å². The number of thioether (sulfide) groups is 1. The van der Waals surface area contributed by atoms with Crippen molar-refractivity contribution in [2.75, 3.05) is 5.75 Å². The van der Waals surface area contributed by atoms with Crippen LogP contribution in [0.2, 0.25) is 0 Å². The molecule has 0 saturated heterocycles. The monoisotopic (exact) mass is 289 g/mol. The average molecular weight is 289 g/mol. The lowest BCUT2D eigenvalue weighted by Gasteiger charge is -2.06. The van der Waals surface area contributed by atoms with Crippen molar-refractivity contribution >= 4 is 17.7 Å². The minimum absolute atomic E-state index is 0.0657. The van der Waals surface area contributed by atoms with E-state index >= 15 is 0 Å². The first-order valence-electron chi connectivity index (χ1n) is 6.59. The first kappa shape index (κ1) is 14.7. The summed E-state index contributed by atoms with van der Waals surface area (Å²) in [4.78, 5) is 19.8. The lowest BCUT2D eigenvalue weighted by Crippen LogP contribution is -2.23. The highest BCUT2D eigenvalue weighted by Gasteiger charge is 2.03. The van der Waals surface area contributed by atoms with E-state index in [-0.39, 0.29) is 5.91 Å². The number of hydrogen-bond acceptors (Lipinski definition) is 3. The number of carbonyl (C=O) groups excluding carboxylic acids is 1. The van der Waals surface area contributed by atoms with Crippen molar-refractivity contribution in [2.24, 2.45) is 0 Å². The lowest BCUT2D eigenvalue weighted by molar-refractivity contribution is -0.120. The van der Waals surface area contributed by atoms with Gasteiger partial charge < -0.3 is 10.3 Å². The Labute approximate surface area is 123 Å². The van der Waals surface area contributed by atoms with Gasteiger partial charge >= 0.3 is 0 Å². The number of aromatic nitrogens is 2. The first-order valence-corrected chi connectivity index (χ1v) is 7.57. The zero-order valence-electron chi connectivity index (χ0n) is 11.8. The van der Waals surface area contributed by atoms with Crippen molar-refractivity contribution in [1.29, 1.82) is 0 Å². The second kappa shape index (κ2) is 7.14. The van der Waals surface area contributed by atoms with Crippen molar-refractivity contribution in [3.05, 3.63) is 47.5 Å². The molecule has 0 fully saturated rings. The van der Waals surface area contributed by atoms with Crippen molar-refractivity contribution in [3.8, 4) is 0 Å². The third-order valence-electron chi connectivity index (χ3n) is 3.11.